The second kappa shape index (κ2) is 7.47. The third-order valence-corrected chi connectivity index (χ3v) is 4.67. The van der Waals surface area contributed by atoms with Crippen LogP contribution in [0.2, 0.25) is 0 Å². The maximum absolute atomic E-state index is 14.2. The van der Waals surface area contributed by atoms with Gasteiger partial charge in [-0.25, -0.2) is 13.2 Å². The Kier molecular flexibility index (Phi) is 4.97. The van der Waals surface area contributed by atoms with E-state index in [0.29, 0.717) is 23.5 Å². The summed E-state index contributed by atoms with van der Waals surface area (Å²) in [6.07, 6.45) is -3.05. The van der Waals surface area contributed by atoms with Gasteiger partial charge in [-0.3, -0.25) is 9.67 Å². The van der Waals surface area contributed by atoms with Crippen LogP contribution in [0.15, 0.2) is 54.7 Å². The molecule has 3 nitrogen and oxygen atoms in total. The van der Waals surface area contributed by atoms with E-state index < -0.39 is 41.3 Å². The van der Waals surface area contributed by atoms with Gasteiger partial charge in [-0.05, 0) is 18.2 Å². The minimum absolute atomic E-state index is 0.0864. The summed E-state index contributed by atoms with van der Waals surface area (Å²) < 4.78 is 83.1. The van der Waals surface area contributed by atoms with Crippen molar-refractivity contribution >= 4 is 10.9 Å². The van der Waals surface area contributed by atoms with Crippen LogP contribution in [0.1, 0.15) is 22.5 Å². The Morgan fingerprint density at radius 2 is 1.63 bits per heavy atom. The first-order valence-corrected chi connectivity index (χ1v) is 8.83. The van der Waals surface area contributed by atoms with Gasteiger partial charge in [0.1, 0.15) is 23.0 Å². The summed E-state index contributed by atoms with van der Waals surface area (Å²) in [6.45, 7) is -0.508. The molecule has 0 N–H and O–H groups in total. The zero-order chi connectivity index (χ0) is 21.5. The summed E-state index contributed by atoms with van der Waals surface area (Å²) in [5.74, 6) is -3.38. The molecule has 0 aliphatic carbocycles. The first-order chi connectivity index (χ1) is 14.2. The lowest BCUT2D eigenvalue weighted by Crippen LogP contribution is -2.11. The summed E-state index contributed by atoms with van der Waals surface area (Å²) in [5.41, 5.74) is -0.948. The number of halogens is 6. The smallest absolute Gasteiger partial charge is 0.263 e. The third kappa shape index (κ3) is 3.74. The van der Waals surface area contributed by atoms with Gasteiger partial charge in [0.05, 0.1) is 17.8 Å². The molecule has 0 radical (unpaired) electrons. The van der Waals surface area contributed by atoms with Crippen LogP contribution in [0.25, 0.3) is 10.9 Å². The molecule has 2 heterocycles. The van der Waals surface area contributed by atoms with Gasteiger partial charge < -0.3 is 0 Å². The highest BCUT2D eigenvalue weighted by atomic mass is 19.4. The summed E-state index contributed by atoms with van der Waals surface area (Å²) >= 11 is 0. The molecule has 0 saturated heterocycles. The molecule has 4 aromatic rings. The van der Waals surface area contributed by atoms with E-state index in [0.717, 1.165) is 10.7 Å². The van der Waals surface area contributed by atoms with E-state index in [1.54, 1.807) is 18.2 Å². The number of nitrogens with zero attached hydrogens (tertiary/aromatic N) is 3. The fourth-order valence-corrected chi connectivity index (χ4v) is 3.30. The fourth-order valence-electron chi connectivity index (χ4n) is 3.30. The van der Waals surface area contributed by atoms with Gasteiger partial charge in [-0.2, -0.15) is 18.3 Å². The van der Waals surface area contributed by atoms with Crippen LogP contribution >= 0.6 is 0 Å². The fraction of sp³-hybridized carbons (Fsp3) is 0.143. The molecule has 0 atom stereocenters. The van der Waals surface area contributed by atoms with E-state index >= 15 is 0 Å². The molecule has 0 spiro atoms. The predicted molar refractivity (Wildman–Crippen MR) is 97.2 cm³/mol. The summed E-state index contributed by atoms with van der Waals surface area (Å²) in [6, 6.07) is 9.71. The Hall–Kier alpha value is -3.36. The maximum Gasteiger partial charge on any atom is 0.418 e. The Morgan fingerprint density at radius 3 is 2.27 bits per heavy atom. The molecule has 154 valence electrons. The Labute approximate surface area is 166 Å². The highest BCUT2D eigenvalue weighted by Gasteiger charge is 2.34. The molecule has 0 aliphatic heterocycles. The number of fused-ring (bicyclic) bond motifs is 1. The molecule has 4 rings (SSSR count). The lowest BCUT2D eigenvalue weighted by Gasteiger charge is -2.10. The van der Waals surface area contributed by atoms with Gasteiger partial charge >= 0.3 is 6.18 Å². The highest BCUT2D eigenvalue weighted by molar-refractivity contribution is 5.85. The van der Waals surface area contributed by atoms with Gasteiger partial charge in [0, 0.05) is 41.4 Å². The van der Waals surface area contributed by atoms with Crippen molar-refractivity contribution in [2.24, 2.45) is 0 Å². The van der Waals surface area contributed by atoms with E-state index in [4.69, 9.17) is 0 Å². The second-order valence-corrected chi connectivity index (χ2v) is 6.65. The van der Waals surface area contributed by atoms with Gasteiger partial charge in [-0.1, -0.05) is 18.2 Å². The van der Waals surface area contributed by atoms with Crippen molar-refractivity contribution in [2.45, 2.75) is 19.1 Å². The van der Waals surface area contributed by atoms with Crippen molar-refractivity contribution in [3.63, 3.8) is 0 Å². The highest BCUT2D eigenvalue weighted by Crippen LogP contribution is 2.36. The number of hydrogen-bond acceptors (Lipinski definition) is 2. The second-order valence-electron chi connectivity index (χ2n) is 6.65. The van der Waals surface area contributed by atoms with E-state index in [9.17, 15) is 26.3 Å². The summed E-state index contributed by atoms with van der Waals surface area (Å²) in [4.78, 5) is 4.17. The minimum Gasteiger partial charge on any atom is -0.263 e. The number of benzene rings is 2. The molecule has 2 aromatic heterocycles. The van der Waals surface area contributed by atoms with Crippen molar-refractivity contribution in [3.05, 3.63) is 94.7 Å². The van der Waals surface area contributed by atoms with Gasteiger partial charge in [0.2, 0.25) is 0 Å². The first kappa shape index (κ1) is 19.9. The monoisotopic (exact) mass is 421 g/mol. The first-order valence-electron chi connectivity index (χ1n) is 8.83. The van der Waals surface area contributed by atoms with Gasteiger partial charge in [0.25, 0.3) is 0 Å². The molecule has 0 fully saturated rings. The van der Waals surface area contributed by atoms with Crippen LogP contribution in [0.5, 0.6) is 0 Å². The minimum atomic E-state index is -4.66. The van der Waals surface area contributed by atoms with Crippen molar-refractivity contribution in [1.82, 2.24) is 14.8 Å². The number of rotatable bonds is 4. The zero-order valence-corrected chi connectivity index (χ0v) is 15.2. The largest absolute Gasteiger partial charge is 0.418 e. The van der Waals surface area contributed by atoms with Crippen LogP contribution in [-0.2, 0) is 19.1 Å². The van der Waals surface area contributed by atoms with E-state index in [-0.39, 0.29) is 17.3 Å². The number of hydrogen-bond donors (Lipinski definition) is 0. The number of aromatic nitrogens is 3. The Morgan fingerprint density at radius 1 is 0.900 bits per heavy atom. The van der Waals surface area contributed by atoms with E-state index in [2.05, 4.69) is 10.1 Å². The van der Waals surface area contributed by atoms with Crippen molar-refractivity contribution in [1.29, 1.82) is 0 Å². The predicted octanol–water partition coefficient (Wildman–Crippen LogP) is 5.51. The average molecular weight is 421 g/mol. The third-order valence-electron chi connectivity index (χ3n) is 4.67. The molecule has 0 amide bonds. The topological polar surface area (TPSA) is 30.7 Å². The molecule has 0 bridgehead atoms. The molecular weight excluding hydrogens is 408 g/mol. The van der Waals surface area contributed by atoms with Crippen LogP contribution in [0.4, 0.5) is 26.3 Å². The van der Waals surface area contributed by atoms with Crippen LogP contribution in [0.3, 0.4) is 0 Å². The van der Waals surface area contributed by atoms with Crippen molar-refractivity contribution < 1.29 is 26.3 Å². The number of alkyl halides is 3. The molecule has 0 aliphatic rings. The molecule has 0 unspecified atom stereocenters. The van der Waals surface area contributed by atoms with Crippen LogP contribution in [-0.4, -0.2) is 14.8 Å². The maximum atomic E-state index is 14.2. The molecule has 30 heavy (non-hydrogen) atoms. The normalized spacial score (nSPS) is 11.9. The SMILES string of the molecule is Fc1cc(F)c(Cn2nc3c(C(F)(F)F)cccc3c2Cc2ccccn2)c(F)c1. The average Bonchev–Trinajstić information content (AvgIpc) is 3.02. The molecular formula is C21H13F6N3. The lowest BCUT2D eigenvalue weighted by atomic mass is 10.1. The van der Waals surface area contributed by atoms with E-state index in [1.165, 1.54) is 18.3 Å². The van der Waals surface area contributed by atoms with Crippen LogP contribution in [0, 0.1) is 17.5 Å². The Bertz CT molecular complexity index is 1190. The van der Waals surface area contributed by atoms with Crippen molar-refractivity contribution in [3.8, 4) is 0 Å². The molecule has 9 heteroatoms. The summed E-state index contributed by atoms with van der Waals surface area (Å²) in [7, 11) is 0. The quantitative estimate of drug-likeness (QED) is 0.407. The standard InChI is InChI=1S/C21H13F6N3/c22-12-8-17(23)15(18(24)9-12)11-30-19(10-13-4-1-2-7-28-13)14-5-3-6-16(20(14)29-30)21(25,26)27/h1-9H,10-11H2. The van der Waals surface area contributed by atoms with Gasteiger partial charge in [0.15, 0.2) is 0 Å². The summed E-state index contributed by atoms with van der Waals surface area (Å²) in [5, 5.41) is 4.21. The number of pyridine rings is 1. The molecule has 2 aromatic carbocycles. The Balaban J connectivity index is 1.90. The molecule has 0 saturated carbocycles. The van der Waals surface area contributed by atoms with Gasteiger partial charge in [-0.15, -0.1) is 0 Å². The van der Waals surface area contributed by atoms with Crippen LogP contribution < -0.4 is 0 Å². The zero-order valence-electron chi connectivity index (χ0n) is 15.2. The lowest BCUT2D eigenvalue weighted by molar-refractivity contribution is -0.136. The van der Waals surface area contributed by atoms with E-state index in [1.807, 2.05) is 0 Å². The van der Waals surface area contributed by atoms with Crippen molar-refractivity contribution in [2.75, 3.05) is 0 Å².